The molecule has 3 aromatic rings. The lowest BCUT2D eigenvalue weighted by atomic mass is 10.2. The third kappa shape index (κ3) is 7.40. The lowest BCUT2D eigenvalue weighted by Crippen LogP contribution is -2.32. The van der Waals surface area contributed by atoms with Gasteiger partial charge in [0.15, 0.2) is 6.61 Å². The zero-order valence-corrected chi connectivity index (χ0v) is 18.3. The number of nitrogens with one attached hydrogen (secondary N) is 3. The molecule has 0 unspecified atom stereocenters. The number of anilines is 1. The van der Waals surface area contributed by atoms with E-state index in [1.54, 1.807) is 60.7 Å². The molecule has 0 fully saturated rings. The van der Waals surface area contributed by atoms with Crippen LogP contribution in [0.3, 0.4) is 0 Å². The molecule has 3 amide bonds. The number of amides is 3. The molecule has 0 aliphatic carbocycles. The molecule has 3 rings (SSSR count). The van der Waals surface area contributed by atoms with Gasteiger partial charge >= 0.3 is 11.8 Å². The molecule has 0 saturated carbocycles. The standard InChI is InChI=1S/C22H19BrN4O5/c23-16-3-1-4-17(11-16)26-21(29)22(30)27-25-12-15-6-8-18(9-7-15)32-14-20(28)24-13-19-5-2-10-31-19/h1-12H,13-14H2,(H,24,28)(H,26,29)(H,27,30)/b25-12-. The second-order valence-electron chi connectivity index (χ2n) is 6.38. The van der Waals surface area contributed by atoms with Crippen LogP contribution in [0.1, 0.15) is 11.3 Å². The highest BCUT2D eigenvalue weighted by Gasteiger charge is 2.12. The maximum Gasteiger partial charge on any atom is 0.329 e. The summed E-state index contributed by atoms with van der Waals surface area (Å²) in [4.78, 5) is 35.5. The molecule has 9 nitrogen and oxygen atoms in total. The first-order valence-electron chi connectivity index (χ1n) is 9.41. The van der Waals surface area contributed by atoms with Crippen LogP contribution in [0.2, 0.25) is 0 Å². The lowest BCUT2D eigenvalue weighted by Gasteiger charge is -2.07. The van der Waals surface area contributed by atoms with Gasteiger partial charge in [0.25, 0.3) is 5.91 Å². The van der Waals surface area contributed by atoms with Crippen molar-refractivity contribution in [3.63, 3.8) is 0 Å². The first kappa shape index (κ1) is 22.8. The van der Waals surface area contributed by atoms with E-state index in [1.165, 1.54) is 12.5 Å². The number of carbonyl (C=O) groups is 3. The zero-order chi connectivity index (χ0) is 22.8. The third-order valence-corrected chi connectivity index (χ3v) is 4.45. The van der Waals surface area contributed by atoms with Gasteiger partial charge in [-0.25, -0.2) is 5.43 Å². The average Bonchev–Trinajstić information content (AvgIpc) is 3.31. The van der Waals surface area contributed by atoms with Crippen LogP contribution in [-0.2, 0) is 20.9 Å². The van der Waals surface area contributed by atoms with E-state index in [1.807, 2.05) is 0 Å². The van der Waals surface area contributed by atoms with Crippen molar-refractivity contribution in [1.29, 1.82) is 0 Å². The largest absolute Gasteiger partial charge is 0.484 e. The number of rotatable bonds is 8. The Labute approximate surface area is 192 Å². The minimum atomic E-state index is -0.901. The van der Waals surface area contributed by atoms with Gasteiger partial charge in [-0.2, -0.15) is 5.10 Å². The maximum atomic E-state index is 11.9. The number of benzene rings is 2. The summed E-state index contributed by atoms with van der Waals surface area (Å²) >= 11 is 3.29. The molecule has 1 heterocycles. The normalized spacial score (nSPS) is 10.5. The van der Waals surface area contributed by atoms with E-state index in [9.17, 15) is 14.4 Å². The Kier molecular flexibility index (Phi) is 8.15. The fourth-order valence-electron chi connectivity index (χ4n) is 2.42. The van der Waals surface area contributed by atoms with Crippen molar-refractivity contribution in [2.24, 2.45) is 5.10 Å². The van der Waals surface area contributed by atoms with Gasteiger partial charge in [-0.05, 0) is 60.2 Å². The smallest absolute Gasteiger partial charge is 0.329 e. The summed E-state index contributed by atoms with van der Waals surface area (Å²) in [5.41, 5.74) is 3.30. The molecule has 10 heteroatoms. The summed E-state index contributed by atoms with van der Waals surface area (Å²) in [7, 11) is 0. The molecule has 3 N–H and O–H groups in total. The second kappa shape index (κ2) is 11.5. The number of hydrogen-bond donors (Lipinski definition) is 3. The summed E-state index contributed by atoms with van der Waals surface area (Å²) in [6.07, 6.45) is 2.91. The van der Waals surface area contributed by atoms with Crippen LogP contribution in [-0.4, -0.2) is 30.5 Å². The van der Waals surface area contributed by atoms with Crippen LogP contribution < -0.4 is 20.8 Å². The number of halogens is 1. The van der Waals surface area contributed by atoms with Crippen LogP contribution >= 0.6 is 15.9 Å². The van der Waals surface area contributed by atoms with Crippen LogP contribution in [0.4, 0.5) is 5.69 Å². The van der Waals surface area contributed by atoms with Gasteiger partial charge in [-0.1, -0.05) is 22.0 Å². The molecule has 0 spiro atoms. The van der Waals surface area contributed by atoms with E-state index in [4.69, 9.17) is 9.15 Å². The Morgan fingerprint density at radius 3 is 2.56 bits per heavy atom. The molecular formula is C22H19BrN4O5. The minimum Gasteiger partial charge on any atom is -0.484 e. The van der Waals surface area contributed by atoms with Gasteiger partial charge in [-0.3, -0.25) is 14.4 Å². The summed E-state index contributed by atoms with van der Waals surface area (Å²) in [6, 6.07) is 17.1. The first-order valence-corrected chi connectivity index (χ1v) is 10.2. The van der Waals surface area contributed by atoms with E-state index < -0.39 is 11.8 Å². The molecule has 1 aromatic heterocycles. The first-order chi connectivity index (χ1) is 15.5. The second-order valence-corrected chi connectivity index (χ2v) is 7.29. The Bertz CT molecular complexity index is 1100. The van der Waals surface area contributed by atoms with Crippen LogP contribution in [0, 0.1) is 0 Å². The van der Waals surface area contributed by atoms with Crippen LogP contribution in [0.5, 0.6) is 5.75 Å². The molecule has 0 atom stereocenters. The molecule has 0 aliphatic heterocycles. The van der Waals surface area contributed by atoms with E-state index in [-0.39, 0.29) is 19.1 Å². The van der Waals surface area contributed by atoms with Gasteiger partial charge in [-0.15, -0.1) is 0 Å². The van der Waals surface area contributed by atoms with Crippen molar-refractivity contribution in [2.75, 3.05) is 11.9 Å². The Balaban J connectivity index is 1.40. The summed E-state index contributed by atoms with van der Waals surface area (Å²) in [5.74, 6) is -0.876. The number of carbonyl (C=O) groups excluding carboxylic acids is 3. The van der Waals surface area contributed by atoms with Crippen molar-refractivity contribution in [1.82, 2.24) is 10.7 Å². The Hall–Kier alpha value is -3.92. The number of ether oxygens (including phenoxy) is 1. The van der Waals surface area contributed by atoms with Crippen LogP contribution in [0.25, 0.3) is 0 Å². The quantitative estimate of drug-likeness (QED) is 0.250. The van der Waals surface area contributed by atoms with Crippen molar-refractivity contribution < 1.29 is 23.5 Å². The molecule has 0 saturated heterocycles. The lowest BCUT2D eigenvalue weighted by molar-refractivity contribution is -0.136. The molecule has 0 aliphatic rings. The molecule has 0 bridgehead atoms. The van der Waals surface area contributed by atoms with Crippen molar-refractivity contribution >= 4 is 45.6 Å². The maximum absolute atomic E-state index is 11.9. The van der Waals surface area contributed by atoms with Gasteiger partial charge in [0.1, 0.15) is 11.5 Å². The topological polar surface area (TPSA) is 122 Å². The predicted octanol–water partition coefficient (Wildman–Crippen LogP) is 2.83. The Morgan fingerprint density at radius 1 is 1.03 bits per heavy atom. The summed E-state index contributed by atoms with van der Waals surface area (Å²) in [6.45, 7) is 0.147. The van der Waals surface area contributed by atoms with Crippen molar-refractivity contribution in [3.8, 4) is 5.75 Å². The number of nitrogens with zero attached hydrogens (tertiary/aromatic N) is 1. The summed E-state index contributed by atoms with van der Waals surface area (Å²) in [5, 5.41) is 8.91. The highest BCUT2D eigenvalue weighted by Crippen LogP contribution is 2.15. The van der Waals surface area contributed by atoms with E-state index in [2.05, 4.69) is 37.1 Å². The third-order valence-electron chi connectivity index (χ3n) is 3.96. The van der Waals surface area contributed by atoms with Crippen molar-refractivity contribution in [3.05, 3.63) is 82.7 Å². The van der Waals surface area contributed by atoms with Gasteiger partial charge in [0.05, 0.1) is 19.0 Å². The monoisotopic (exact) mass is 498 g/mol. The molecular weight excluding hydrogens is 480 g/mol. The van der Waals surface area contributed by atoms with Gasteiger partial charge < -0.3 is 19.8 Å². The van der Waals surface area contributed by atoms with Crippen molar-refractivity contribution in [2.45, 2.75) is 6.54 Å². The van der Waals surface area contributed by atoms with Gasteiger partial charge in [0.2, 0.25) is 0 Å². The number of hydrazone groups is 1. The van der Waals surface area contributed by atoms with E-state index in [0.29, 0.717) is 22.8 Å². The number of furan rings is 1. The SMILES string of the molecule is O=C(COc1ccc(/C=N\NC(=O)C(=O)Nc2cccc(Br)c2)cc1)NCc1ccco1. The molecule has 2 aromatic carbocycles. The summed E-state index contributed by atoms with van der Waals surface area (Å²) < 4.78 is 11.3. The van der Waals surface area contributed by atoms with Crippen LogP contribution in [0.15, 0.2) is 80.9 Å². The highest BCUT2D eigenvalue weighted by molar-refractivity contribution is 9.10. The zero-order valence-electron chi connectivity index (χ0n) is 16.7. The number of hydrogen-bond acceptors (Lipinski definition) is 6. The predicted molar refractivity (Wildman–Crippen MR) is 121 cm³/mol. The fraction of sp³-hybridized carbons (Fsp3) is 0.0909. The van der Waals surface area contributed by atoms with E-state index >= 15 is 0 Å². The molecule has 164 valence electrons. The van der Waals surface area contributed by atoms with E-state index in [0.717, 1.165) is 4.47 Å². The highest BCUT2D eigenvalue weighted by atomic mass is 79.9. The van der Waals surface area contributed by atoms with Gasteiger partial charge in [0, 0.05) is 10.2 Å². The Morgan fingerprint density at radius 2 is 1.84 bits per heavy atom. The minimum absolute atomic E-state index is 0.142. The molecule has 32 heavy (non-hydrogen) atoms. The fourth-order valence-corrected chi connectivity index (χ4v) is 2.82. The average molecular weight is 499 g/mol. The molecule has 0 radical (unpaired) electrons.